The third-order valence-corrected chi connectivity index (χ3v) is 3.87. The van der Waals surface area contributed by atoms with Gasteiger partial charge in [-0.05, 0) is 37.5 Å². The maximum absolute atomic E-state index is 12.9. The van der Waals surface area contributed by atoms with Crippen LogP contribution >= 0.6 is 0 Å². The van der Waals surface area contributed by atoms with Crippen molar-refractivity contribution in [2.24, 2.45) is 5.73 Å². The van der Waals surface area contributed by atoms with E-state index in [-0.39, 0.29) is 11.4 Å². The molecule has 0 aliphatic heterocycles. The van der Waals surface area contributed by atoms with Gasteiger partial charge in [-0.1, -0.05) is 64.0 Å². The molecule has 20 heavy (non-hydrogen) atoms. The third kappa shape index (κ3) is 7.64. The molecular weight excluding hydrogens is 249 g/mol. The van der Waals surface area contributed by atoms with Gasteiger partial charge in [0.25, 0.3) is 0 Å². The van der Waals surface area contributed by atoms with Crippen molar-refractivity contribution in [2.45, 2.75) is 77.2 Å². The summed E-state index contributed by atoms with van der Waals surface area (Å²) in [5.41, 5.74) is 7.30. The van der Waals surface area contributed by atoms with Gasteiger partial charge < -0.3 is 5.73 Å². The highest BCUT2D eigenvalue weighted by Gasteiger charge is 2.18. The summed E-state index contributed by atoms with van der Waals surface area (Å²) in [7, 11) is 0. The van der Waals surface area contributed by atoms with Crippen LogP contribution in [-0.4, -0.2) is 5.54 Å². The van der Waals surface area contributed by atoms with E-state index in [2.05, 4.69) is 13.8 Å². The molecule has 0 fully saturated rings. The summed E-state index contributed by atoms with van der Waals surface area (Å²) in [6.07, 6.45) is 11.0. The molecule has 2 heteroatoms. The van der Waals surface area contributed by atoms with Crippen molar-refractivity contribution in [3.05, 3.63) is 35.6 Å². The van der Waals surface area contributed by atoms with E-state index in [0.29, 0.717) is 0 Å². The first-order valence-electron chi connectivity index (χ1n) is 8.07. The maximum Gasteiger partial charge on any atom is 0.123 e. The number of nitrogens with two attached hydrogens (primary N) is 1. The SMILES string of the molecule is CCCCCCCCCC(C)(N)Cc1ccc(F)cc1. The lowest BCUT2D eigenvalue weighted by Crippen LogP contribution is -2.38. The van der Waals surface area contributed by atoms with Gasteiger partial charge in [-0.3, -0.25) is 0 Å². The molecule has 1 rings (SSSR count). The van der Waals surface area contributed by atoms with E-state index in [0.717, 1.165) is 18.4 Å². The molecule has 0 aromatic heterocycles. The number of unbranched alkanes of at least 4 members (excludes halogenated alkanes) is 6. The number of rotatable bonds is 10. The van der Waals surface area contributed by atoms with Crippen LogP contribution in [-0.2, 0) is 6.42 Å². The summed E-state index contributed by atoms with van der Waals surface area (Å²) >= 11 is 0. The number of halogens is 1. The highest BCUT2D eigenvalue weighted by Crippen LogP contribution is 2.19. The Morgan fingerprint density at radius 3 is 2.10 bits per heavy atom. The Hall–Kier alpha value is -0.890. The van der Waals surface area contributed by atoms with E-state index in [1.807, 2.05) is 12.1 Å². The van der Waals surface area contributed by atoms with Gasteiger partial charge in [0.15, 0.2) is 0 Å². The molecule has 1 unspecified atom stereocenters. The standard InChI is InChI=1S/C18H30FN/c1-3-4-5-6-7-8-9-14-18(2,20)15-16-10-12-17(19)13-11-16/h10-13H,3-9,14-15,20H2,1-2H3. The van der Waals surface area contributed by atoms with Crippen molar-refractivity contribution in [3.63, 3.8) is 0 Å². The van der Waals surface area contributed by atoms with Gasteiger partial charge in [0.1, 0.15) is 5.82 Å². The number of benzene rings is 1. The maximum atomic E-state index is 12.9. The van der Waals surface area contributed by atoms with Gasteiger partial charge in [-0.15, -0.1) is 0 Å². The van der Waals surface area contributed by atoms with Crippen LogP contribution in [0.1, 0.15) is 70.8 Å². The van der Waals surface area contributed by atoms with E-state index in [1.54, 1.807) is 0 Å². The predicted octanol–water partition coefficient (Wildman–Crippen LogP) is 5.23. The zero-order valence-electron chi connectivity index (χ0n) is 13.1. The summed E-state index contributed by atoms with van der Waals surface area (Å²) in [6, 6.07) is 6.70. The molecule has 1 atom stereocenters. The second-order valence-corrected chi connectivity index (χ2v) is 6.33. The normalized spacial score (nSPS) is 14.2. The Labute approximate surface area is 123 Å². The van der Waals surface area contributed by atoms with E-state index < -0.39 is 0 Å². The zero-order chi connectivity index (χ0) is 14.8. The third-order valence-electron chi connectivity index (χ3n) is 3.87. The minimum absolute atomic E-state index is 0.179. The minimum atomic E-state index is -0.181. The van der Waals surface area contributed by atoms with Crippen LogP contribution < -0.4 is 5.73 Å². The molecular formula is C18H30FN. The van der Waals surface area contributed by atoms with Crippen molar-refractivity contribution in [2.75, 3.05) is 0 Å². The second kappa shape index (κ2) is 9.12. The van der Waals surface area contributed by atoms with Gasteiger partial charge in [-0.25, -0.2) is 4.39 Å². The van der Waals surface area contributed by atoms with Crippen molar-refractivity contribution in [1.29, 1.82) is 0 Å². The van der Waals surface area contributed by atoms with E-state index >= 15 is 0 Å². The molecule has 0 saturated heterocycles. The highest BCUT2D eigenvalue weighted by molar-refractivity contribution is 5.18. The lowest BCUT2D eigenvalue weighted by atomic mass is 9.88. The van der Waals surface area contributed by atoms with Crippen LogP contribution in [0.4, 0.5) is 4.39 Å². The van der Waals surface area contributed by atoms with Crippen LogP contribution in [0.2, 0.25) is 0 Å². The number of hydrogen-bond donors (Lipinski definition) is 1. The quantitative estimate of drug-likeness (QED) is 0.583. The molecule has 0 spiro atoms. The highest BCUT2D eigenvalue weighted by atomic mass is 19.1. The first kappa shape index (κ1) is 17.2. The fraction of sp³-hybridized carbons (Fsp3) is 0.667. The largest absolute Gasteiger partial charge is 0.325 e. The number of hydrogen-bond acceptors (Lipinski definition) is 1. The molecule has 114 valence electrons. The van der Waals surface area contributed by atoms with Gasteiger partial charge in [0.05, 0.1) is 0 Å². The topological polar surface area (TPSA) is 26.0 Å². The first-order valence-corrected chi connectivity index (χ1v) is 8.07. The van der Waals surface area contributed by atoms with Gasteiger partial charge in [0, 0.05) is 5.54 Å². The molecule has 0 radical (unpaired) electrons. The summed E-state index contributed by atoms with van der Waals surface area (Å²) in [4.78, 5) is 0. The van der Waals surface area contributed by atoms with Crippen LogP contribution in [0, 0.1) is 5.82 Å². The zero-order valence-corrected chi connectivity index (χ0v) is 13.1. The Bertz CT molecular complexity index is 356. The monoisotopic (exact) mass is 279 g/mol. The summed E-state index contributed by atoms with van der Waals surface area (Å²) < 4.78 is 12.9. The fourth-order valence-corrected chi connectivity index (χ4v) is 2.64. The van der Waals surface area contributed by atoms with Gasteiger partial charge in [-0.2, -0.15) is 0 Å². The van der Waals surface area contributed by atoms with Gasteiger partial charge in [0.2, 0.25) is 0 Å². The molecule has 0 aliphatic rings. The van der Waals surface area contributed by atoms with Crippen molar-refractivity contribution in [1.82, 2.24) is 0 Å². The average Bonchev–Trinajstić information content (AvgIpc) is 2.40. The lowest BCUT2D eigenvalue weighted by molar-refractivity contribution is 0.403. The predicted molar refractivity (Wildman–Crippen MR) is 85.3 cm³/mol. The average molecular weight is 279 g/mol. The summed E-state index contributed by atoms with van der Waals surface area (Å²) in [5.74, 6) is -0.181. The van der Waals surface area contributed by atoms with Crippen molar-refractivity contribution >= 4 is 0 Å². The van der Waals surface area contributed by atoms with Crippen LogP contribution in [0.25, 0.3) is 0 Å². The molecule has 0 bridgehead atoms. The molecule has 2 N–H and O–H groups in total. The fourth-order valence-electron chi connectivity index (χ4n) is 2.64. The molecule has 0 heterocycles. The molecule has 1 aromatic rings. The molecule has 1 aromatic carbocycles. The first-order chi connectivity index (χ1) is 9.53. The van der Waals surface area contributed by atoms with E-state index in [9.17, 15) is 4.39 Å². The summed E-state index contributed by atoms with van der Waals surface area (Å²) in [6.45, 7) is 4.35. The van der Waals surface area contributed by atoms with Crippen LogP contribution in [0.5, 0.6) is 0 Å². The van der Waals surface area contributed by atoms with Crippen LogP contribution in [0.15, 0.2) is 24.3 Å². The molecule has 0 aliphatic carbocycles. The molecule has 0 amide bonds. The van der Waals surface area contributed by atoms with E-state index in [1.165, 1.54) is 57.1 Å². The second-order valence-electron chi connectivity index (χ2n) is 6.33. The van der Waals surface area contributed by atoms with Crippen molar-refractivity contribution in [3.8, 4) is 0 Å². The van der Waals surface area contributed by atoms with Crippen LogP contribution in [0.3, 0.4) is 0 Å². The molecule has 1 nitrogen and oxygen atoms in total. The van der Waals surface area contributed by atoms with Crippen molar-refractivity contribution < 1.29 is 4.39 Å². The minimum Gasteiger partial charge on any atom is -0.325 e. The Morgan fingerprint density at radius 2 is 1.50 bits per heavy atom. The lowest BCUT2D eigenvalue weighted by Gasteiger charge is -2.24. The summed E-state index contributed by atoms with van der Waals surface area (Å²) in [5, 5.41) is 0. The Balaban J connectivity index is 2.19. The Morgan fingerprint density at radius 1 is 0.950 bits per heavy atom. The smallest absolute Gasteiger partial charge is 0.123 e. The Kier molecular flexibility index (Phi) is 7.83. The van der Waals surface area contributed by atoms with E-state index in [4.69, 9.17) is 5.73 Å². The van der Waals surface area contributed by atoms with Gasteiger partial charge >= 0.3 is 0 Å². The molecule has 0 saturated carbocycles.